The average Bonchev–Trinajstić information content (AvgIpc) is 2.28. The molecule has 0 aliphatic carbocycles. The molecule has 1 aliphatic rings. The van der Waals surface area contributed by atoms with Gasteiger partial charge in [-0.15, -0.1) is 0 Å². The first-order valence-corrected chi connectivity index (χ1v) is 3.68. The molecule has 0 radical (unpaired) electrons. The monoisotopic (exact) mass is 162 g/mol. The zero-order chi connectivity index (χ0) is 8.43. The van der Waals surface area contributed by atoms with Gasteiger partial charge in [0.25, 0.3) is 0 Å². The molecule has 1 aliphatic heterocycles. The van der Waals surface area contributed by atoms with E-state index < -0.39 is 12.4 Å². The van der Waals surface area contributed by atoms with Gasteiger partial charge in [0, 0.05) is 7.11 Å². The van der Waals surface area contributed by atoms with Crippen molar-refractivity contribution >= 4 is 0 Å². The maximum absolute atomic E-state index is 9.39. The molecule has 0 bridgehead atoms. The SMILES string of the molecule is CO[C@H]1O[C@H](C)[C@@H](O)[C@H]1CO. The second kappa shape index (κ2) is 3.49. The lowest BCUT2D eigenvalue weighted by molar-refractivity contribution is -0.133. The maximum Gasteiger partial charge on any atom is 0.165 e. The Bertz CT molecular complexity index is 128. The van der Waals surface area contributed by atoms with Gasteiger partial charge < -0.3 is 19.7 Å². The van der Waals surface area contributed by atoms with E-state index in [1.165, 1.54) is 7.11 Å². The van der Waals surface area contributed by atoms with Crippen LogP contribution in [0.15, 0.2) is 0 Å². The van der Waals surface area contributed by atoms with Crippen molar-refractivity contribution in [3.05, 3.63) is 0 Å². The molecule has 0 aromatic heterocycles. The first kappa shape index (κ1) is 8.93. The molecule has 0 amide bonds. The Hall–Kier alpha value is -0.160. The van der Waals surface area contributed by atoms with Crippen molar-refractivity contribution in [1.82, 2.24) is 0 Å². The topological polar surface area (TPSA) is 58.9 Å². The van der Waals surface area contributed by atoms with Gasteiger partial charge in [0.2, 0.25) is 0 Å². The Kier molecular flexibility index (Phi) is 2.84. The summed E-state index contributed by atoms with van der Waals surface area (Å²) in [6, 6.07) is 0. The summed E-state index contributed by atoms with van der Waals surface area (Å²) in [7, 11) is 1.50. The number of hydrogen-bond donors (Lipinski definition) is 2. The fraction of sp³-hybridized carbons (Fsp3) is 1.00. The van der Waals surface area contributed by atoms with Crippen LogP contribution in [-0.2, 0) is 9.47 Å². The molecule has 1 heterocycles. The molecule has 11 heavy (non-hydrogen) atoms. The summed E-state index contributed by atoms with van der Waals surface area (Å²) in [4.78, 5) is 0. The van der Waals surface area contributed by atoms with E-state index in [1.807, 2.05) is 0 Å². The molecule has 0 aromatic rings. The second-order valence-electron chi connectivity index (χ2n) is 2.78. The van der Waals surface area contributed by atoms with Crippen molar-refractivity contribution in [2.45, 2.75) is 25.4 Å². The Morgan fingerprint density at radius 1 is 1.55 bits per heavy atom. The first-order valence-electron chi connectivity index (χ1n) is 3.68. The zero-order valence-electron chi connectivity index (χ0n) is 6.73. The minimum atomic E-state index is -0.620. The van der Waals surface area contributed by atoms with Crippen molar-refractivity contribution in [1.29, 1.82) is 0 Å². The standard InChI is InChI=1S/C7H14O4/c1-4-6(9)5(3-8)7(10-2)11-4/h4-9H,3H2,1-2H3/t4-,5-,6-,7+/m1/s1. The maximum atomic E-state index is 9.39. The molecule has 0 unspecified atom stereocenters. The van der Waals surface area contributed by atoms with Crippen molar-refractivity contribution in [2.24, 2.45) is 5.92 Å². The smallest absolute Gasteiger partial charge is 0.165 e. The highest BCUT2D eigenvalue weighted by atomic mass is 16.7. The predicted octanol–water partition coefficient (Wildman–Crippen LogP) is -0.653. The summed E-state index contributed by atoms with van der Waals surface area (Å²) < 4.78 is 10.1. The lowest BCUT2D eigenvalue weighted by atomic mass is 10.0. The Morgan fingerprint density at radius 3 is 2.55 bits per heavy atom. The van der Waals surface area contributed by atoms with Crippen molar-refractivity contribution in [3.8, 4) is 0 Å². The van der Waals surface area contributed by atoms with E-state index in [-0.39, 0.29) is 18.6 Å². The van der Waals surface area contributed by atoms with Gasteiger partial charge in [-0.1, -0.05) is 0 Å². The first-order chi connectivity index (χ1) is 5.20. The fourth-order valence-corrected chi connectivity index (χ4v) is 1.33. The van der Waals surface area contributed by atoms with Gasteiger partial charge in [0.1, 0.15) is 0 Å². The van der Waals surface area contributed by atoms with Crippen LogP contribution in [0.25, 0.3) is 0 Å². The molecule has 0 saturated carbocycles. The Morgan fingerprint density at radius 2 is 2.18 bits per heavy atom. The van der Waals surface area contributed by atoms with Crippen LogP contribution in [0.1, 0.15) is 6.92 Å². The van der Waals surface area contributed by atoms with Gasteiger partial charge in [-0.3, -0.25) is 0 Å². The van der Waals surface area contributed by atoms with Gasteiger partial charge in [-0.25, -0.2) is 0 Å². The molecular formula is C7H14O4. The predicted molar refractivity (Wildman–Crippen MR) is 37.9 cm³/mol. The summed E-state index contributed by atoms with van der Waals surface area (Å²) >= 11 is 0. The van der Waals surface area contributed by atoms with E-state index in [0.717, 1.165) is 0 Å². The van der Waals surface area contributed by atoms with Gasteiger partial charge in [-0.2, -0.15) is 0 Å². The third-order valence-electron chi connectivity index (χ3n) is 2.06. The van der Waals surface area contributed by atoms with E-state index >= 15 is 0 Å². The molecule has 66 valence electrons. The highest BCUT2D eigenvalue weighted by molar-refractivity contribution is 4.83. The average molecular weight is 162 g/mol. The highest BCUT2D eigenvalue weighted by Gasteiger charge is 2.40. The van der Waals surface area contributed by atoms with Gasteiger partial charge in [0.05, 0.1) is 24.7 Å². The van der Waals surface area contributed by atoms with Crippen molar-refractivity contribution in [3.63, 3.8) is 0 Å². The van der Waals surface area contributed by atoms with Crippen LogP contribution in [0.5, 0.6) is 0 Å². The van der Waals surface area contributed by atoms with Gasteiger partial charge >= 0.3 is 0 Å². The van der Waals surface area contributed by atoms with E-state index in [2.05, 4.69) is 0 Å². The zero-order valence-corrected chi connectivity index (χ0v) is 6.73. The van der Waals surface area contributed by atoms with Crippen LogP contribution in [0, 0.1) is 5.92 Å². The van der Waals surface area contributed by atoms with Crippen LogP contribution < -0.4 is 0 Å². The lowest BCUT2D eigenvalue weighted by Crippen LogP contribution is -2.29. The molecule has 0 aromatic carbocycles. The normalized spacial score (nSPS) is 44.7. The number of ether oxygens (including phenoxy) is 2. The molecule has 0 spiro atoms. The van der Waals surface area contributed by atoms with E-state index in [4.69, 9.17) is 14.6 Å². The summed E-state index contributed by atoms with van der Waals surface area (Å²) in [6.45, 7) is 1.65. The van der Waals surface area contributed by atoms with Crippen LogP contribution in [0.2, 0.25) is 0 Å². The van der Waals surface area contributed by atoms with Gasteiger partial charge in [0.15, 0.2) is 6.29 Å². The molecule has 1 saturated heterocycles. The number of aliphatic hydroxyl groups is 2. The van der Waals surface area contributed by atoms with E-state index in [9.17, 15) is 5.11 Å². The molecular weight excluding hydrogens is 148 g/mol. The molecule has 1 fully saturated rings. The molecule has 4 nitrogen and oxygen atoms in total. The summed E-state index contributed by atoms with van der Waals surface area (Å²) in [5, 5.41) is 18.2. The summed E-state index contributed by atoms with van der Waals surface area (Å²) in [5.41, 5.74) is 0. The van der Waals surface area contributed by atoms with Crippen LogP contribution in [-0.4, -0.2) is 42.4 Å². The van der Waals surface area contributed by atoms with Crippen LogP contribution >= 0.6 is 0 Å². The third-order valence-corrected chi connectivity index (χ3v) is 2.06. The molecule has 2 N–H and O–H groups in total. The van der Waals surface area contributed by atoms with Crippen LogP contribution in [0.4, 0.5) is 0 Å². The summed E-state index contributed by atoms with van der Waals surface area (Å²) in [5.74, 6) is -0.310. The highest BCUT2D eigenvalue weighted by Crippen LogP contribution is 2.26. The number of rotatable bonds is 2. The quantitative estimate of drug-likeness (QED) is 0.566. The van der Waals surface area contributed by atoms with E-state index in [0.29, 0.717) is 0 Å². The Labute approximate surface area is 65.7 Å². The fourth-order valence-electron chi connectivity index (χ4n) is 1.33. The number of hydrogen-bond acceptors (Lipinski definition) is 4. The van der Waals surface area contributed by atoms with Crippen LogP contribution in [0.3, 0.4) is 0 Å². The second-order valence-corrected chi connectivity index (χ2v) is 2.78. The minimum Gasteiger partial charge on any atom is -0.396 e. The molecule has 4 heteroatoms. The van der Waals surface area contributed by atoms with E-state index in [1.54, 1.807) is 6.92 Å². The summed E-state index contributed by atoms with van der Waals surface area (Å²) in [6.07, 6.45) is -1.34. The molecule has 1 rings (SSSR count). The minimum absolute atomic E-state index is 0.107. The van der Waals surface area contributed by atoms with Gasteiger partial charge in [-0.05, 0) is 6.92 Å². The third kappa shape index (κ3) is 1.54. The molecule has 4 atom stereocenters. The van der Waals surface area contributed by atoms with Crippen molar-refractivity contribution in [2.75, 3.05) is 13.7 Å². The van der Waals surface area contributed by atoms with Crippen molar-refractivity contribution < 1.29 is 19.7 Å². The Balaban J connectivity index is 2.57. The lowest BCUT2D eigenvalue weighted by Gasteiger charge is -2.15. The largest absolute Gasteiger partial charge is 0.396 e. The number of methoxy groups -OCH3 is 1. The number of aliphatic hydroxyl groups excluding tert-OH is 2.